The van der Waals surface area contributed by atoms with E-state index in [-0.39, 0.29) is 11.5 Å². The van der Waals surface area contributed by atoms with E-state index in [1.165, 1.54) is 16.3 Å². The number of fused-ring (bicyclic) bond motifs is 4. The van der Waals surface area contributed by atoms with Crippen LogP contribution in [0.4, 0.5) is 0 Å². The number of aromatic nitrogens is 2. The van der Waals surface area contributed by atoms with E-state index in [4.69, 9.17) is 4.98 Å². The van der Waals surface area contributed by atoms with E-state index in [0.29, 0.717) is 11.8 Å². The summed E-state index contributed by atoms with van der Waals surface area (Å²) in [7, 11) is 0. The van der Waals surface area contributed by atoms with E-state index in [1.54, 1.807) is 0 Å². The largest absolute Gasteiger partial charge is 0.388 e. The van der Waals surface area contributed by atoms with Crippen LogP contribution in [0.15, 0.2) is 97.7 Å². The molecule has 2 aromatic heterocycles. The van der Waals surface area contributed by atoms with Crippen molar-refractivity contribution in [3.63, 3.8) is 0 Å². The molecule has 2 aliphatic rings. The molecule has 1 saturated carbocycles. The summed E-state index contributed by atoms with van der Waals surface area (Å²) in [5.41, 5.74) is 5.17. The smallest absolute Gasteiger partial charge is 0.0840 e. The van der Waals surface area contributed by atoms with Crippen molar-refractivity contribution in [2.45, 2.75) is 31.5 Å². The van der Waals surface area contributed by atoms with Gasteiger partial charge in [0, 0.05) is 46.3 Å². The van der Waals surface area contributed by atoms with E-state index in [0.717, 1.165) is 47.0 Å². The van der Waals surface area contributed by atoms with Gasteiger partial charge < -0.3 is 5.11 Å². The van der Waals surface area contributed by atoms with E-state index >= 15 is 0 Å². The highest BCUT2D eigenvalue weighted by Gasteiger charge is 2.72. The van der Waals surface area contributed by atoms with Gasteiger partial charge in [-0.1, -0.05) is 67.6 Å². The number of aliphatic hydroxyl groups excluding tert-OH is 1. The average Bonchev–Trinajstić information content (AvgIpc) is 3.47. The Labute approximate surface area is 217 Å². The minimum atomic E-state index is -0.591. The van der Waals surface area contributed by atoms with Gasteiger partial charge in [0.25, 0.3) is 0 Å². The van der Waals surface area contributed by atoms with Gasteiger partial charge in [-0.3, -0.25) is 9.88 Å². The van der Waals surface area contributed by atoms with Crippen molar-refractivity contribution in [2.75, 3.05) is 6.54 Å². The average molecular weight is 486 g/mol. The maximum absolute atomic E-state index is 11.9. The second kappa shape index (κ2) is 8.47. The summed E-state index contributed by atoms with van der Waals surface area (Å²) < 4.78 is 0. The van der Waals surface area contributed by atoms with Gasteiger partial charge in [0.05, 0.1) is 22.7 Å². The molecule has 2 fully saturated rings. The second-order valence-electron chi connectivity index (χ2n) is 10.7. The number of hydrogen-bond acceptors (Lipinski definition) is 4. The third-order valence-electron chi connectivity index (χ3n) is 9.22. The first-order valence-electron chi connectivity index (χ1n) is 13.3. The van der Waals surface area contributed by atoms with Gasteiger partial charge in [0.2, 0.25) is 0 Å². The first-order chi connectivity index (χ1) is 18.1. The SMILES string of the molecule is C=CC1C2CCN(Cc3c4ccccc4nc4ccccc34)[C@@]12[C@H](C)[C@H](O)c1ccnc2ccccc12. The molecular formula is C33H31N3O. The predicted molar refractivity (Wildman–Crippen MR) is 150 cm³/mol. The quantitative estimate of drug-likeness (QED) is 0.215. The molecule has 7 rings (SSSR count). The molecule has 1 N–H and O–H groups in total. The number of nitrogens with zero attached hydrogens (tertiary/aromatic N) is 3. The van der Waals surface area contributed by atoms with Crippen LogP contribution in [0.1, 0.15) is 30.6 Å². The monoisotopic (exact) mass is 485 g/mol. The second-order valence-corrected chi connectivity index (χ2v) is 10.7. The molecule has 4 nitrogen and oxygen atoms in total. The molecule has 5 atom stereocenters. The maximum atomic E-state index is 11.9. The highest BCUT2D eigenvalue weighted by molar-refractivity contribution is 5.97. The van der Waals surface area contributed by atoms with Crippen LogP contribution in [-0.2, 0) is 6.54 Å². The Bertz CT molecular complexity index is 1600. The lowest BCUT2D eigenvalue weighted by molar-refractivity contribution is 0.0331. The fourth-order valence-corrected chi connectivity index (χ4v) is 7.53. The summed E-state index contributed by atoms with van der Waals surface area (Å²) in [4.78, 5) is 12.1. The number of aliphatic hydroxyl groups is 1. The number of likely N-dealkylation sites (tertiary alicyclic amines) is 1. The Kier molecular flexibility index (Phi) is 5.17. The van der Waals surface area contributed by atoms with E-state index < -0.39 is 6.10 Å². The Morgan fingerprint density at radius 2 is 1.57 bits per heavy atom. The summed E-state index contributed by atoms with van der Waals surface area (Å²) in [5, 5.41) is 15.3. The van der Waals surface area contributed by atoms with Crippen molar-refractivity contribution in [3.05, 3.63) is 109 Å². The summed E-state index contributed by atoms with van der Waals surface area (Å²) in [6, 6.07) is 27.1. The molecule has 5 aromatic rings. The zero-order valence-corrected chi connectivity index (χ0v) is 21.1. The van der Waals surface area contributed by atoms with Gasteiger partial charge >= 0.3 is 0 Å². The fraction of sp³-hybridized carbons (Fsp3) is 0.273. The molecule has 4 heteroatoms. The number of piperidine rings is 1. The molecule has 0 amide bonds. The molecule has 0 bridgehead atoms. The molecule has 3 heterocycles. The summed E-state index contributed by atoms with van der Waals surface area (Å²) in [6.45, 7) is 8.32. The van der Waals surface area contributed by atoms with Gasteiger partial charge in [0.1, 0.15) is 0 Å². The standard InChI is InChI=1S/C33H31N3O/c1-3-27-28-17-19-36(20-26-23-11-5-8-14-30(23)35-31-15-9-6-12-24(26)31)33(27,28)21(2)32(37)25-16-18-34-29-13-7-4-10-22(25)29/h3-16,18,21,27-28,32,37H,1,17,19-20H2,2H3/t21-,27?,28?,32+,33+/m1/s1. The third kappa shape index (κ3) is 3.22. The van der Waals surface area contributed by atoms with Crippen LogP contribution < -0.4 is 0 Å². The lowest BCUT2D eigenvalue weighted by Gasteiger charge is -2.38. The number of rotatable bonds is 6. The Morgan fingerprint density at radius 3 is 2.22 bits per heavy atom. The molecule has 1 aliphatic heterocycles. The van der Waals surface area contributed by atoms with Crippen LogP contribution in [-0.4, -0.2) is 32.1 Å². The molecule has 184 valence electrons. The van der Waals surface area contributed by atoms with Crippen molar-refractivity contribution >= 4 is 32.7 Å². The fourth-order valence-electron chi connectivity index (χ4n) is 7.53. The Balaban J connectivity index is 1.32. The Morgan fingerprint density at radius 1 is 0.946 bits per heavy atom. The first kappa shape index (κ1) is 22.6. The van der Waals surface area contributed by atoms with Crippen molar-refractivity contribution in [1.29, 1.82) is 0 Å². The maximum Gasteiger partial charge on any atom is 0.0840 e. The third-order valence-corrected chi connectivity index (χ3v) is 9.22. The molecule has 3 aromatic carbocycles. The van der Waals surface area contributed by atoms with Gasteiger partial charge in [-0.05, 0) is 54.3 Å². The topological polar surface area (TPSA) is 49.2 Å². The highest BCUT2D eigenvalue weighted by Crippen LogP contribution is 2.67. The minimum Gasteiger partial charge on any atom is -0.388 e. The first-order valence-corrected chi connectivity index (χ1v) is 13.3. The van der Waals surface area contributed by atoms with Gasteiger partial charge in [-0.2, -0.15) is 0 Å². The van der Waals surface area contributed by atoms with Gasteiger partial charge in [-0.15, -0.1) is 6.58 Å². The van der Waals surface area contributed by atoms with Crippen LogP contribution in [0.2, 0.25) is 0 Å². The number of para-hydroxylation sites is 3. The lowest BCUT2D eigenvalue weighted by atomic mass is 9.84. The van der Waals surface area contributed by atoms with Crippen LogP contribution in [0.25, 0.3) is 32.7 Å². The molecule has 1 aliphatic carbocycles. The van der Waals surface area contributed by atoms with E-state index in [2.05, 4.69) is 84.1 Å². The Hall–Kier alpha value is -3.60. The van der Waals surface area contributed by atoms with Crippen LogP contribution >= 0.6 is 0 Å². The lowest BCUT2D eigenvalue weighted by Crippen LogP contribution is -2.43. The van der Waals surface area contributed by atoms with Crippen LogP contribution in [0.3, 0.4) is 0 Å². The minimum absolute atomic E-state index is 0.0353. The van der Waals surface area contributed by atoms with Crippen molar-refractivity contribution in [2.24, 2.45) is 17.8 Å². The van der Waals surface area contributed by atoms with E-state index in [1.807, 2.05) is 30.5 Å². The van der Waals surface area contributed by atoms with Gasteiger partial charge in [0.15, 0.2) is 0 Å². The molecule has 37 heavy (non-hydrogen) atoms. The number of benzene rings is 3. The van der Waals surface area contributed by atoms with Crippen molar-refractivity contribution in [3.8, 4) is 0 Å². The molecule has 0 radical (unpaired) electrons. The summed E-state index contributed by atoms with van der Waals surface area (Å²) in [6.07, 6.45) is 4.49. The predicted octanol–water partition coefficient (Wildman–Crippen LogP) is 6.68. The van der Waals surface area contributed by atoms with Crippen molar-refractivity contribution < 1.29 is 5.11 Å². The van der Waals surface area contributed by atoms with Crippen LogP contribution in [0.5, 0.6) is 0 Å². The van der Waals surface area contributed by atoms with E-state index in [9.17, 15) is 5.11 Å². The van der Waals surface area contributed by atoms with Crippen LogP contribution in [0, 0.1) is 17.8 Å². The highest BCUT2D eigenvalue weighted by atomic mass is 16.3. The summed E-state index contributed by atoms with van der Waals surface area (Å²) >= 11 is 0. The zero-order chi connectivity index (χ0) is 25.1. The molecule has 1 saturated heterocycles. The molecular weight excluding hydrogens is 454 g/mol. The zero-order valence-electron chi connectivity index (χ0n) is 21.1. The molecule has 2 unspecified atom stereocenters. The molecule has 0 spiro atoms. The van der Waals surface area contributed by atoms with Gasteiger partial charge in [-0.25, -0.2) is 4.98 Å². The summed E-state index contributed by atoms with van der Waals surface area (Å²) in [5.74, 6) is 0.925. The number of hydrogen-bond donors (Lipinski definition) is 1. The number of pyridine rings is 2. The normalized spacial score (nSPS) is 24.8. The van der Waals surface area contributed by atoms with Crippen molar-refractivity contribution in [1.82, 2.24) is 14.9 Å².